The lowest BCUT2D eigenvalue weighted by Gasteiger charge is -2.22. The van der Waals surface area contributed by atoms with Crippen molar-refractivity contribution >= 4 is 5.91 Å². The van der Waals surface area contributed by atoms with Crippen molar-refractivity contribution in [2.75, 3.05) is 6.61 Å². The summed E-state index contributed by atoms with van der Waals surface area (Å²) in [5.41, 5.74) is 0. The summed E-state index contributed by atoms with van der Waals surface area (Å²) in [5.74, 6) is -0.0186. The standard InChI is InChI=1S/C74H149NO3/c1-3-5-7-9-11-13-15-17-19-21-23-25-27-29-31-32-33-34-35-36-37-38-39-40-41-42-44-46-48-50-52-54-56-58-60-62-64-66-68-70-74(78)75-72(71-76)73(77)69-67-65-63-61-59-57-55-53-51-49-47-45-43-30-28-26-24-22-20-18-16-14-12-10-8-6-4-2/h72-73,76-77H,3-71H2,1-2H3,(H,75,78). The van der Waals surface area contributed by atoms with Crippen LogP contribution in [0.15, 0.2) is 0 Å². The Bertz CT molecular complexity index is 1060. The van der Waals surface area contributed by atoms with Gasteiger partial charge in [-0.1, -0.05) is 431 Å². The predicted octanol–water partition coefficient (Wildman–Crippen LogP) is 25.4. The van der Waals surface area contributed by atoms with Gasteiger partial charge in [-0.25, -0.2) is 0 Å². The van der Waals surface area contributed by atoms with Crippen molar-refractivity contribution in [3.05, 3.63) is 0 Å². The Hall–Kier alpha value is -0.610. The van der Waals surface area contributed by atoms with Crippen LogP contribution < -0.4 is 5.32 Å². The average Bonchev–Trinajstić information content (AvgIpc) is 3.44. The summed E-state index contributed by atoms with van der Waals surface area (Å²) in [6.45, 7) is 4.42. The molecule has 4 heteroatoms. The van der Waals surface area contributed by atoms with E-state index < -0.39 is 12.1 Å². The summed E-state index contributed by atoms with van der Waals surface area (Å²) < 4.78 is 0. The molecule has 0 spiro atoms. The molecule has 1 amide bonds. The van der Waals surface area contributed by atoms with E-state index in [4.69, 9.17) is 0 Å². The summed E-state index contributed by atoms with van der Waals surface area (Å²) >= 11 is 0. The molecular formula is C74H149NO3. The molecule has 2 atom stereocenters. The van der Waals surface area contributed by atoms with Crippen molar-refractivity contribution < 1.29 is 15.0 Å². The van der Waals surface area contributed by atoms with Crippen LogP contribution in [-0.2, 0) is 4.79 Å². The molecule has 0 aliphatic heterocycles. The zero-order valence-corrected chi connectivity index (χ0v) is 54.2. The second-order valence-corrected chi connectivity index (χ2v) is 26.1. The zero-order chi connectivity index (χ0) is 56.2. The molecule has 0 aliphatic carbocycles. The fourth-order valence-corrected chi connectivity index (χ4v) is 12.5. The maximum absolute atomic E-state index is 12.6. The van der Waals surface area contributed by atoms with E-state index in [1.807, 2.05) is 0 Å². The van der Waals surface area contributed by atoms with E-state index in [1.54, 1.807) is 0 Å². The molecule has 2 unspecified atom stereocenters. The summed E-state index contributed by atoms with van der Waals surface area (Å²) in [5, 5.41) is 23.5. The first-order valence-corrected chi connectivity index (χ1v) is 37.2. The normalized spacial score (nSPS) is 12.5. The fourth-order valence-electron chi connectivity index (χ4n) is 12.5. The number of carbonyl (C=O) groups excluding carboxylic acids is 1. The monoisotopic (exact) mass is 1100 g/mol. The second kappa shape index (κ2) is 70.7. The van der Waals surface area contributed by atoms with Gasteiger partial charge in [0.1, 0.15) is 0 Å². The lowest BCUT2D eigenvalue weighted by molar-refractivity contribution is -0.123. The second-order valence-electron chi connectivity index (χ2n) is 26.1. The van der Waals surface area contributed by atoms with Gasteiger partial charge in [0.05, 0.1) is 18.8 Å². The summed E-state index contributed by atoms with van der Waals surface area (Å²) in [7, 11) is 0. The Kier molecular flexibility index (Phi) is 70.1. The van der Waals surface area contributed by atoms with Crippen molar-refractivity contribution in [2.45, 2.75) is 463 Å². The van der Waals surface area contributed by atoms with Crippen LogP contribution in [0, 0.1) is 0 Å². The molecule has 0 saturated heterocycles. The van der Waals surface area contributed by atoms with Crippen LogP contribution in [0.4, 0.5) is 0 Å². The number of carbonyl (C=O) groups is 1. The molecule has 0 heterocycles. The summed E-state index contributed by atoms with van der Waals surface area (Å²) in [6.07, 6.45) is 93.4. The highest BCUT2D eigenvalue weighted by molar-refractivity contribution is 5.76. The number of rotatable bonds is 71. The third-order valence-electron chi connectivity index (χ3n) is 18.1. The predicted molar refractivity (Wildman–Crippen MR) is 350 cm³/mol. The van der Waals surface area contributed by atoms with Crippen molar-refractivity contribution in [3.8, 4) is 0 Å². The first-order chi connectivity index (χ1) is 38.7. The van der Waals surface area contributed by atoms with E-state index in [0.717, 1.165) is 25.7 Å². The highest BCUT2D eigenvalue weighted by Gasteiger charge is 2.20. The molecule has 0 bridgehead atoms. The van der Waals surface area contributed by atoms with E-state index >= 15 is 0 Å². The van der Waals surface area contributed by atoms with Gasteiger partial charge >= 0.3 is 0 Å². The van der Waals surface area contributed by atoms with E-state index in [2.05, 4.69) is 19.2 Å². The molecule has 0 aliphatic rings. The van der Waals surface area contributed by atoms with Crippen molar-refractivity contribution in [1.29, 1.82) is 0 Å². The molecule has 78 heavy (non-hydrogen) atoms. The van der Waals surface area contributed by atoms with Gasteiger partial charge in [0.25, 0.3) is 0 Å². The van der Waals surface area contributed by atoms with Crippen LogP contribution in [0.25, 0.3) is 0 Å². The lowest BCUT2D eigenvalue weighted by Crippen LogP contribution is -2.45. The molecular weight excluding hydrogens is 951 g/mol. The molecule has 0 aromatic rings. The number of unbranched alkanes of at least 4 members (excludes halogenated alkanes) is 64. The zero-order valence-electron chi connectivity index (χ0n) is 54.2. The minimum absolute atomic E-state index is 0.0186. The highest BCUT2D eigenvalue weighted by atomic mass is 16.3. The Labute approximate surface area is 493 Å². The van der Waals surface area contributed by atoms with Crippen LogP contribution in [0.5, 0.6) is 0 Å². The highest BCUT2D eigenvalue weighted by Crippen LogP contribution is 2.21. The van der Waals surface area contributed by atoms with Crippen LogP contribution in [0.1, 0.15) is 450 Å². The van der Waals surface area contributed by atoms with Gasteiger partial charge in [-0.15, -0.1) is 0 Å². The molecule has 0 aromatic heterocycles. The molecule has 468 valence electrons. The first-order valence-electron chi connectivity index (χ1n) is 37.2. The van der Waals surface area contributed by atoms with Gasteiger partial charge in [-0.3, -0.25) is 4.79 Å². The topological polar surface area (TPSA) is 69.6 Å². The summed E-state index contributed by atoms with van der Waals surface area (Å²) in [4.78, 5) is 12.6. The van der Waals surface area contributed by atoms with E-state index in [0.29, 0.717) is 12.8 Å². The Morgan fingerprint density at radius 1 is 0.256 bits per heavy atom. The minimum Gasteiger partial charge on any atom is -0.394 e. The van der Waals surface area contributed by atoms with Gasteiger partial charge in [0.2, 0.25) is 5.91 Å². The number of aliphatic hydroxyl groups excluding tert-OH is 2. The molecule has 4 nitrogen and oxygen atoms in total. The maximum atomic E-state index is 12.6. The van der Waals surface area contributed by atoms with Crippen LogP contribution in [0.2, 0.25) is 0 Å². The smallest absolute Gasteiger partial charge is 0.220 e. The van der Waals surface area contributed by atoms with Gasteiger partial charge in [-0.05, 0) is 12.8 Å². The molecule has 0 saturated carbocycles. The lowest BCUT2D eigenvalue weighted by atomic mass is 10.0. The fraction of sp³-hybridized carbons (Fsp3) is 0.986. The Balaban J connectivity index is 3.33. The van der Waals surface area contributed by atoms with Gasteiger partial charge < -0.3 is 15.5 Å². The summed E-state index contributed by atoms with van der Waals surface area (Å²) in [6, 6.07) is -0.533. The van der Waals surface area contributed by atoms with Crippen molar-refractivity contribution in [1.82, 2.24) is 5.32 Å². The van der Waals surface area contributed by atoms with E-state index in [1.165, 1.54) is 398 Å². The van der Waals surface area contributed by atoms with Crippen molar-refractivity contribution in [2.24, 2.45) is 0 Å². The molecule has 0 fully saturated rings. The third kappa shape index (κ3) is 66.2. The van der Waals surface area contributed by atoms with E-state index in [-0.39, 0.29) is 12.5 Å². The van der Waals surface area contributed by atoms with Gasteiger partial charge in [0.15, 0.2) is 0 Å². The molecule has 3 N–H and O–H groups in total. The largest absolute Gasteiger partial charge is 0.394 e. The number of hydrogen-bond donors (Lipinski definition) is 3. The molecule has 0 radical (unpaired) electrons. The third-order valence-corrected chi connectivity index (χ3v) is 18.1. The average molecular weight is 1100 g/mol. The number of amides is 1. The number of aliphatic hydroxyl groups is 2. The number of hydrogen-bond acceptors (Lipinski definition) is 3. The van der Waals surface area contributed by atoms with Crippen LogP contribution in [0.3, 0.4) is 0 Å². The molecule has 0 rings (SSSR count). The van der Waals surface area contributed by atoms with Crippen molar-refractivity contribution in [3.63, 3.8) is 0 Å². The molecule has 0 aromatic carbocycles. The maximum Gasteiger partial charge on any atom is 0.220 e. The number of nitrogens with one attached hydrogen (secondary N) is 1. The Morgan fingerprint density at radius 3 is 0.577 bits per heavy atom. The minimum atomic E-state index is -0.657. The SMILES string of the molecule is CCCCCCCCCCCCCCCCCCCCCCCCCCCCCCCCCCCCCCCCCC(=O)NC(CO)C(O)CCCCCCCCCCCCCCCCCCCCCCCCCCCCC. The van der Waals surface area contributed by atoms with Crippen LogP contribution in [-0.4, -0.2) is 34.9 Å². The van der Waals surface area contributed by atoms with Crippen LogP contribution >= 0.6 is 0 Å². The van der Waals surface area contributed by atoms with E-state index in [9.17, 15) is 15.0 Å². The first kappa shape index (κ1) is 77.4. The van der Waals surface area contributed by atoms with Gasteiger partial charge in [0, 0.05) is 6.42 Å². The Morgan fingerprint density at radius 2 is 0.410 bits per heavy atom. The quantitative estimate of drug-likeness (QED) is 0.0532. The van der Waals surface area contributed by atoms with Gasteiger partial charge in [-0.2, -0.15) is 0 Å².